The molecular formula is C10H12O7. The molecule has 0 saturated carbocycles. The van der Waals surface area contributed by atoms with Gasteiger partial charge in [0.15, 0.2) is 5.79 Å². The summed E-state index contributed by atoms with van der Waals surface area (Å²) in [5, 5.41) is 54.3. The second-order valence-corrected chi connectivity index (χ2v) is 3.72. The number of aromatic carboxylic acids is 1. The summed E-state index contributed by atoms with van der Waals surface area (Å²) < 4.78 is 0. The zero-order valence-electron chi connectivity index (χ0n) is 8.82. The molecule has 1 aromatic carbocycles. The van der Waals surface area contributed by atoms with E-state index in [9.17, 15) is 15.0 Å². The van der Waals surface area contributed by atoms with E-state index in [2.05, 4.69) is 0 Å². The summed E-state index contributed by atoms with van der Waals surface area (Å²) in [4.78, 5) is 10.8. The molecule has 1 rings (SSSR count). The average molecular weight is 244 g/mol. The second kappa shape index (κ2) is 4.06. The lowest BCUT2D eigenvalue weighted by Crippen LogP contribution is -2.29. The molecule has 0 fully saturated rings. The number of carboxylic acids is 1. The maximum absolute atomic E-state index is 10.8. The zero-order chi connectivity index (χ0) is 13.4. The van der Waals surface area contributed by atoms with Crippen LogP contribution in [-0.4, -0.2) is 36.6 Å². The van der Waals surface area contributed by atoms with Crippen LogP contribution >= 0.6 is 0 Å². The molecule has 0 aliphatic carbocycles. The van der Waals surface area contributed by atoms with Crippen molar-refractivity contribution in [1.29, 1.82) is 0 Å². The molecule has 0 heterocycles. The van der Waals surface area contributed by atoms with Crippen LogP contribution in [-0.2, 0) is 11.8 Å². The Kier molecular flexibility index (Phi) is 3.24. The first-order valence-electron chi connectivity index (χ1n) is 4.53. The van der Waals surface area contributed by atoms with Crippen molar-refractivity contribution in [3.8, 4) is 0 Å². The second-order valence-electron chi connectivity index (χ2n) is 3.72. The van der Waals surface area contributed by atoms with Gasteiger partial charge in [-0.25, -0.2) is 4.79 Å². The number of hydrogen-bond donors (Lipinski definition) is 6. The Hall–Kier alpha value is -1.51. The van der Waals surface area contributed by atoms with E-state index in [-0.39, 0.29) is 5.56 Å². The molecule has 17 heavy (non-hydrogen) atoms. The maximum Gasteiger partial charge on any atom is 0.336 e. The van der Waals surface area contributed by atoms with Gasteiger partial charge in [-0.15, -0.1) is 0 Å². The highest BCUT2D eigenvalue weighted by atomic mass is 16.7. The van der Waals surface area contributed by atoms with Gasteiger partial charge in [0.1, 0.15) is 0 Å². The lowest BCUT2D eigenvalue weighted by atomic mass is 9.98. The Morgan fingerprint density at radius 1 is 1.12 bits per heavy atom. The van der Waals surface area contributed by atoms with Crippen molar-refractivity contribution in [2.45, 2.75) is 18.7 Å². The van der Waals surface area contributed by atoms with Crippen molar-refractivity contribution >= 4 is 5.97 Å². The summed E-state index contributed by atoms with van der Waals surface area (Å²) in [5.41, 5.74) is -1.51. The third-order valence-corrected chi connectivity index (χ3v) is 2.16. The van der Waals surface area contributed by atoms with Crippen LogP contribution in [0.25, 0.3) is 0 Å². The Labute approximate surface area is 95.8 Å². The quantitative estimate of drug-likeness (QED) is 0.360. The molecule has 0 saturated heterocycles. The minimum Gasteiger partial charge on any atom is -0.478 e. The highest BCUT2D eigenvalue weighted by Crippen LogP contribution is 2.26. The van der Waals surface area contributed by atoms with Crippen LogP contribution in [0.5, 0.6) is 0 Å². The molecule has 0 radical (unpaired) electrons. The van der Waals surface area contributed by atoms with E-state index < -0.39 is 28.9 Å². The number of hydrogen-bond acceptors (Lipinski definition) is 6. The van der Waals surface area contributed by atoms with E-state index in [0.717, 1.165) is 25.1 Å². The fourth-order valence-corrected chi connectivity index (χ4v) is 1.30. The lowest BCUT2D eigenvalue weighted by molar-refractivity contribution is -0.324. The molecule has 7 nitrogen and oxygen atoms in total. The van der Waals surface area contributed by atoms with Crippen LogP contribution in [0.3, 0.4) is 0 Å². The average Bonchev–Trinajstić information content (AvgIpc) is 2.14. The molecule has 0 spiro atoms. The van der Waals surface area contributed by atoms with Crippen molar-refractivity contribution in [3.63, 3.8) is 0 Å². The predicted octanol–water partition coefficient (Wildman–Crippen LogP) is -1.37. The van der Waals surface area contributed by atoms with Crippen molar-refractivity contribution < 1.29 is 35.4 Å². The fraction of sp³-hybridized carbons (Fsp3) is 0.300. The molecule has 7 heteroatoms. The van der Waals surface area contributed by atoms with Crippen LogP contribution in [0.4, 0.5) is 0 Å². The van der Waals surface area contributed by atoms with Gasteiger partial charge in [0, 0.05) is 5.56 Å². The molecule has 6 N–H and O–H groups in total. The number of carboxylic acid groups (broad SMARTS) is 1. The third kappa shape index (κ3) is 2.99. The number of rotatable bonds is 3. The standard InChI is InChI=1S/C10H12O7/c1-9(13,14)5-2-3-6(8(11)12)7(4-5)10(15,16)17/h2-4,13-17H,1H3,(H,11,12). The summed E-state index contributed by atoms with van der Waals surface area (Å²) in [5.74, 6) is -7.17. The molecule has 0 bridgehead atoms. The molecule has 0 aliphatic heterocycles. The molecule has 0 aliphatic rings. The minimum absolute atomic E-state index is 0.195. The smallest absolute Gasteiger partial charge is 0.336 e. The number of carbonyl (C=O) groups is 1. The van der Waals surface area contributed by atoms with E-state index in [1.807, 2.05) is 0 Å². The highest BCUT2D eigenvalue weighted by molar-refractivity contribution is 5.89. The fourth-order valence-electron chi connectivity index (χ4n) is 1.30. The van der Waals surface area contributed by atoms with Crippen molar-refractivity contribution in [1.82, 2.24) is 0 Å². The molecule has 0 atom stereocenters. The van der Waals surface area contributed by atoms with E-state index in [4.69, 9.17) is 20.4 Å². The van der Waals surface area contributed by atoms with Gasteiger partial charge in [-0.3, -0.25) is 0 Å². The van der Waals surface area contributed by atoms with Gasteiger partial charge in [0.25, 0.3) is 0 Å². The Morgan fingerprint density at radius 2 is 1.65 bits per heavy atom. The predicted molar refractivity (Wildman–Crippen MR) is 53.5 cm³/mol. The third-order valence-electron chi connectivity index (χ3n) is 2.16. The van der Waals surface area contributed by atoms with Crippen LogP contribution in [0.15, 0.2) is 18.2 Å². The van der Waals surface area contributed by atoms with Gasteiger partial charge in [-0.05, 0) is 19.1 Å². The van der Waals surface area contributed by atoms with E-state index >= 15 is 0 Å². The summed E-state index contributed by atoms with van der Waals surface area (Å²) in [6.45, 7) is 1.00. The summed E-state index contributed by atoms with van der Waals surface area (Å²) >= 11 is 0. The Morgan fingerprint density at radius 3 is 2.00 bits per heavy atom. The van der Waals surface area contributed by atoms with Crippen molar-refractivity contribution in [2.24, 2.45) is 0 Å². The van der Waals surface area contributed by atoms with Gasteiger partial charge < -0.3 is 30.6 Å². The van der Waals surface area contributed by atoms with Crippen LogP contribution in [0.1, 0.15) is 28.4 Å². The first-order chi connectivity index (χ1) is 7.53. The topological polar surface area (TPSA) is 138 Å². The van der Waals surface area contributed by atoms with Crippen molar-refractivity contribution in [3.05, 3.63) is 34.9 Å². The van der Waals surface area contributed by atoms with E-state index in [1.54, 1.807) is 0 Å². The molecule has 94 valence electrons. The van der Waals surface area contributed by atoms with E-state index in [0.29, 0.717) is 0 Å². The van der Waals surface area contributed by atoms with Gasteiger partial charge >= 0.3 is 11.9 Å². The molecule has 0 unspecified atom stereocenters. The van der Waals surface area contributed by atoms with E-state index in [1.165, 1.54) is 0 Å². The summed E-state index contributed by atoms with van der Waals surface area (Å²) in [7, 11) is 0. The number of benzene rings is 1. The zero-order valence-corrected chi connectivity index (χ0v) is 8.82. The minimum atomic E-state index is -3.38. The van der Waals surface area contributed by atoms with Gasteiger partial charge in [0.05, 0.1) is 11.1 Å². The number of aliphatic hydroxyl groups is 5. The SMILES string of the molecule is CC(O)(O)c1ccc(C(=O)O)c(C(O)(O)O)c1. The van der Waals surface area contributed by atoms with Gasteiger partial charge in [0.2, 0.25) is 0 Å². The van der Waals surface area contributed by atoms with Crippen molar-refractivity contribution in [2.75, 3.05) is 0 Å². The Bertz CT molecular complexity index is 439. The summed E-state index contributed by atoms with van der Waals surface area (Å²) in [6, 6.07) is 2.79. The summed E-state index contributed by atoms with van der Waals surface area (Å²) in [6.07, 6.45) is 0. The Balaban J connectivity index is 3.46. The normalized spacial score (nSPS) is 12.6. The molecular weight excluding hydrogens is 232 g/mol. The first-order valence-corrected chi connectivity index (χ1v) is 4.53. The maximum atomic E-state index is 10.8. The first kappa shape index (κ1) is 13.6. The monoisotopic (exact) mass is 244 g/mol. The highest BCUT2D eigenvalue weighted by Gasteiger charge is 2.31. The van der Waals surface area contributed by atoms with Gasteiger partial charge in [-0.1, -0.05) is 6.07 Å². The molecule has 1 aromatic rings. The largest absolute Gasteiger partial charge is 0.478 e. The van der Waals surface area contributed by atoms with Gasteiger partial charge in [-0.2, -0.15) is 0 Å². The van der Waals surface area contributed by atoms with Crippen LogP contribution < -0.4 is 0 Å². The molecule has 0 aromatic heterocycles. The van der Waals surface area contributed by atoms with Crippen LogP contribution in [0.2, 0.25) is 0 Å². The van der Waals surface area contributed by atoms with Crippen LogP contribution in [0, 0.1) is 0 Å². The molecule has 0 amide bonds. The lowest BCUT2D eigenvalue weighted by Gasteiger charge is -2.21.